The van der Waals surface area contributed by atoms with Crippen LogP contribution in [0.15, 0.2) is 115 Å². The lowest BCUT2D eigenvalue weighted by atomic mass is 9.97. The highest BCUT2D eigenvalue weighted by atomic mass is 28.3. The van der Waals surface area contributed by atoms with E-state index in [0.29, 0.717) is 0 Å². The van der Waals surface area contributed by atoms with E-state index in [0.717, 1.165) is 0 Å². The van der Waals surface area contributed by atoms with Crippen molar-refractivity contribution in [2.45, 2.75) is 0 Å². The van der Waals surface area contributed by atoms with Gasteiger partial charge in [0.25, 0.3) is 0 Å². The van der Waals surface area contributed by atoms with Crippen molar-refractivity contribution in [1.29, 1.82) is 0 Å². The lowest BCUT2D eigenvalue weighted by molar-refractivity contribution is 1.67. The first-order valence-electron chi connectivity index (χ1n) is 9.05. The van der Waals surface area contributed by atoms with E-state index in [-0.39, 0.29) is 0 Å². The molecule has 2 heteroatoms. The van der Waals surface area contributed by atoms with Crippen LogP contribution in [0.3, 0.4) is 0 Å². The Kier molecular flexibility index (Phi) is 4.59. The smallest absolute Gasteiger partial charge is 0.0890 e. The molecule has 0 bridgehead atoms. The van der Waals surface area contributed by atoms with Gasteiger partial charge in [0.05, 0.1) is 0 Å². The molecule has 4 aromatic carbocycles. The van der Waals surface area contributed by atoms with Crippen molar-refractivity contribution in [3.05, 3.63) is 115 Å². The van der Waals surface area contributed by atoms with E-state index in [1.54, 1.807) is 0 Å². The van der Waals surface area contributed by atoms with Crippen LogP contribution in [-0.4, -0.2) is 15.9 Å². The molecule has 4 rings (SSSR count). The van der Waals surface area contributed by atoms with E-state index in [2.05, 4.69) is 123 Å². The molecule has 0 aliphatic heterocycles. The van der Waals surface area contributed by atoms with Crippen LogP contribution in [0.4, 0.5) is 0 Å². The zero-order valence-corrected chi connectivity index (χ0v) is 16.0. The summed E-state index contributed by atoms with van der Waals surface area (Å²) in [7, 11) is -0.147. The number of benzene rings is 4. The van der Waals surface area contributed by atoms with Gasteiger partial charge in [0.15, 0.2) is 8.07 Å². The zero-order chi connectivity index (χ0) is 17.8. The third-order valence-electron chi connectivity index (χ3n) is 5.07. The fourth-order valence-electron chi connectivity index (χ4n) is 3.94. The molecular weight excluding hydrogens is 327 g/mol. The van der Waals surface area contributed by atoms with E-state index in [4.69, 9.17) is 0 Å². The molecule has 4 aromatic rings. The Hall–Kier alpha value is -2.84. The van der Waals surface area contributed by atoms with E-state index in [1.165, 1.54) is 26.2 Å². The molecule has 0 atom stereocenters. The molecule has 0 spiro atoms. The minimum atomic E-state index is -2.33. The van der Waals surface area contributed by atoms with Gasteiger partial charge >= 0.3 is 0 Å². The van der Waals surface area contributed by atoms with Gasteiger partial charge in [-0.05, 0) is 20.7 Å². The normalized spacial score (nSPS) is 11.2. The first-order valence-corrected chi connectivity index (χ1v) is 11.1. The lowest BCUT2D eigenvalue weighted by Gasteiger charge is -2.34. The predicted molar refractivity (Wildman–Crippen MR) is 118 cm³/mol. The molecule has 0 nitrogen and oxygen atoms in total. The number of hydrogen-bond donors (Lipinski definition) is 0. The second kappa shape index (κ2) is 7.19. The van der Waals surface area contributed by atoms with Crippen LogP contribution in [0.25, 0.3) is 0 Å². The van der Waals surface area contributed by atoms with Crippen LogP contribution < -0.4 is 26.2 Å². The molecule has 0 heterocycles. The van der Waals surface area contributed by atoms with Gasteiger partial charge in [0.1, 0.15) is 7.85 Å². The zero-order valence-electron chi connectivity index (χ0n) is 15.0. The summed E-state index contributed by atoms with van der Waals surface area (Å²) in [5.41, 5.74) is 1.31. The summed E-state index contributed by atoms with van der Waals surface area (Å²) < 4.78 is 0. The number of rotatable bonds is 4. The molecule has 0 fully saturated rings. The highest BCUT2D eigenvalue weighted by Crippen LogP contribution is 2.08. The third-order valence-corrected chi connectivity index (χ3v) is 9.85. The highest BCUT2D eigenvalue weighted by molar-refractivity contribution is 7.19. The van der Waals surface area contributed by atoms with E-state index in [1.807, 2.05) is 0 Å². The van der Waals surface area contributed by atoms with E-state index in [9.17, 15) is 0 Å². The summed E-state index contributed by atoms with van der Waals surface area (Å²) in [4.78, 5) is 0. The molecule has 0 aliphatic carbocycles. The molecule has 0 N–H and O–H groups in total. The monoisotopic (exact) mass is 348 g/mol. The van der Waals surface area contributed by atoms with Crippen molar-refractivity contribution < 1.29 is 0 Å². The molecule has 124 valence electrons. The molecule has 0 amide bonds. The largest absolute Gasteiger partial charge is 0.179 e. The minimum Gasteiger partial charge on any atom is -0.0890 e. The average Bonchev–Trinajstić information content (AvgIpc) is 2.71. The Morgan fingerprint density at radius 1 is 0.423 bits per heavy atom. The van der Waals surface area contributed by atoms with Gasteiger partial charge < -0.3 is 0 Å². The van der Waals surface area contributed by atoms with Crippen molar-refractivity contribution in [3.8, 4) is 0 Å². The van der Waals surface area contributed by atoms with Gasteiger partial charge in [-0.1, -0.05) is 121 Å². The second-order valence-electron chi connectivity index (χ2n) is 6.72. The van der Waals surface area contributed by atoms with Crippen LogP contribution in [0.1, 0.15) is 0 Å². The summed E-state index contributed by atoms with van der Waals surface area (Å²) >= 11 is 0. The van der Waals surface area contributed by atoms with Crippen molar-refractivity contribution in [1.82, 2.24) is 0 Å². The highest BCUT2D eigenvalue weighted by Gasteiger charge is 2.41. The van der Waals surface area contributed by atoms with Gasteiger partial charge in [0, 0.05) is 0 Å². The molecule has 0 aliphatic rings. The van der Waals surface area contributed by atoms with Crippen LogP contribution in [0, 0.1) is 0 Å². The Balaban J connectivity index is 2.14. The summed E-state index contributed by atoms with van der Waals surface area (Å²) in [6.45, 7) is 0. The summed E-state index contributed by atoms with van der Waals surface area (Å²) in [5.74, 6) is 0. The first kappa shape index (κ1) is 16.6. The fraction of sp³-hybridized carbons (Fsp3) is 0. The molecule has 0 radical (unpaired) electrons. The maximum atomic E-state index is 2.37. The van der Waals surface area contributed by atoms with Crippen molar-refractivity contribution in [2.75, 3.05) is 0 Å². The van der Waals surface area contributed by atoms with Crippen molar-refractivity contribution in [2.24, 2.45) is 0 Å². The quantitative estimate of drug-likeness (QED) is 0.386. The average molecular weight is 348 g/mol. The van der Waals surface area contributed by atoms with Crippen molar-refractivity contribution >= 4 is 42.1 Å². The second-order valence-corrected chi connectivity index (χ2v) is 10.5. The van der Waals surface area contributed by atoms with Crippen molar-refractivity contribution in [3.63, 3.8) is 0 Å². The topological polar surface area (TPSA) is 0 Å². The molecule has 0 aromatic heterocycles. The maximum Gasteiger partial charge on any atom is 0.179 e. The first-order chi connectivity index (χ1) is 12.8. The van der Waals surface area contributed by atoms with Crippen LogP contribution in [0.2, 0.25) is 0 Å². The Morgan fingerprint density at radius 2 is 0.808 bits per heavy atom. The lowest BCUT2D eigenvalue weighted by Crippen LogP contribution is -2.75. The van der Waals surface area contributed by atoms with E-state index >= 15 is 0 Å². The Morgan fingerprint density at radius 3 is 1.19 bits per heavy atom. The molecule has 0 unspecified atom stereocenters. The van der Waals surface area contributed by atoms with Crippen LogP contribution in [-0.2, 0) is 0 Å². The van der Waals surface area contributed by atoms with Gasteiger partial charge in [-0.3, -0.25) is 0 Å². The SMILES string of the molecule is Bc1cccc([Si](c2ccccc2)(c2ccccc2)c2ccccc2)c1. The van der Waals surface area contributed by atoms with Gasteiger partial charge in [-0.15, -0.1) is 0 Å². The van der Waals surface area contributed by atoms with Gasteiger partial charge in [-0.2, -0.15) is 0 Å². The third kappa shape index (κ3) is 2.83. The summed E-state index contributed by atoms with van der Waals surface area (Å²) in [5, 5.41) is 5.69. The predicted octanol–water partition coefficient (Wildman–Crippen LogP) is 1.32. The maximum absolute atomic E-state index is 2.37. The fourth-order valence-corrected chi connectivity index (χ4v) is 8.81. The Bertz CT molecular complexity index is 885. The minimum absolute atomic E-state index is 1.31. The van der Waals surface area contributed by atoms with Gasteiger partial charge in [0.2, 0.25) is 0 Å². The molecule has 26 heavy (non-hydrogen) atoms. The molecule has 0 saturated carbocycles. The van der Waals surface area contributed by atoms with Gasteiger partial charge in [-0.25, -0.2) is 0 Å². The Labute approximate surface area is 157 Å². The van der Waals surface area contributed by atoms with Crippen LogP contribution >= 0.6 is 0 Å². The summed E-state index contributed by atoms with van der Waals surface area (Å²) in [6.07, 6.45) is 0. The van der Waals surface area contributed by atoms with E-state index < -0.39 is 8.07 Å². The summed E-state index contributed by atoms with van der Waals surface area (Å²) in [6, 6.07) is 42.2. The molecule has 0 saturated heterocycles. The standard InChI is InChI=1S/C24H21BSi/c25-20-11-10-18-24(19-20)26(21-12-4-1-5-13-21,22-14-6-2-7-15-22)23-16-8-3-9-17-23/h1-19H,25H2. The van der Waals surface area contributed by atoms with Crippen LogP contribution in [0.5, 0.6) is 0 Å². The molecular formula is C24H21BSi. The number of hydrogen-bond acceptors (Lipinski definition) is 0.